The largest absolute Gasteiger partial charge is 0.417 e. The summed E-state index contributed by atoms with van der Waals surface area (Å²) in [5, 5.41) is 5.91. The second-order valence-corrected chi connectivity index (χ2v) is 4.20. The van der Waals surface area contributed by atoms with E-state index in [1.54, 1.807) is 0 Å². The maximum absolute atomic E-state index is 12.9. The lowest BCUT2D eigenvalue weighted by Crippen LogP contribution is -2.08. The molecule has 1 aliphatic rings. The minimum Gasteiger partial charge on any atom is -0.383 e. The van der Waals surface area contributed by atoms with Crippen molar-refractivity contribution in [3.05, 3.63) is 17.3 Å². The third-order valence-electron chi connectivity index (χ3n) is 2.87. The molecule has 3 rings (SSSR count). The fraction of sp³-hybridized carbons (Fsp3) is 0.400. The second kappa shape index (κ2) is 3.12. The van der Waals surface area contributed by atoms with Crippen molar-refractivity contribution in [2.75, 3.05) is 5.73 Å². The number of rotatable bonds is 1. The molecule has 0 atom stereocenters. The van der Waals surface area contributed by atoms with E-state index in [0.29, 0.717) is 5.69 Å². The Kier molecular flexibility index (Phi) is 1.90. The van der Waals surface area contributed by atoms with Gasteiger partial charge in [0.15, 0.2) is 5.65 Å². The predicted octanol–water partition coefficient (Wildman–Crippen LogP) is 2.44. The maximum Gasteiger partial charge on any atom is 0.417 e. The molecule has 1 aliphatic carbocycles. The Morgan fingerprint density at radius 2 is 2.06 bits per heavy atom. The van der Waals surface area contributed by atoms with Crippen molar-refractivity contribution in [3.8, 4) is 0 Å². The van der Waals surface area contributed by atoms with Crippen LogP contribution in [0.4, 0.5) is 19.0 Å². The summed E-state index contributed by atoms with van der Waals surface area (Å²) in [5.41, 5.74) is 5.20. The van der Waals surface area contributed by atoms with Crippen molar-refractivity contribution in [2.45, 2.75) is 24.9 Å². The van der Waals surface area contributed by atoms with Gasteiger partial charge in [-0.1, -0.05) is 0 Å². The molecular weight excluding hydrogens is 233 g/mol. The minimum atomic E-state index is -4.44. The quantitative estimate of drug-likeness (QED) is 0.807. The highest BCUT2D eigenvalue weighted by Gasteiger charge is 2.37. The second-order valence-electron chi connectivity index (χ2n) is 4.20. The number of nitrogens with one attached hydrogen (secondary N) is 1. The number of hydrogen-bond donors (Lipinski definition) is 2. The van der Waals surface area contributed by atoms with Crippen LogP contribution in [-0.2, 0) is 6.18 Å². The molecular formula is C10H9F3N4. The predicted molar refractivity (Wildman–Crippen MR) is 55.3 cm³/mol. The Balaban J connectivity index is 2.31. The molecule has 17 heavy (non-hydrogen) atoms. The molecule has 0 unspecified atom stereocenters. The van der Waals surface area contributed by atoms with Gasteiger partial charge in [0.25, 0.3) is 0 Å². The van der Waals surface area contributed by atoms with Gasteiger partial charge in [-0.15, -0.1) is 0 Å². The molecule has 0 spiro atoms. The van der Waals surface area contributed by atoms with Gasteiger partial charge in [0.05, 0.1) is 10.9 Å². The van der Waals surface area contributed by atoms with Crippen LogP contribution in [0, 0.1) is 0 Å². The first-order chi connectivity index (χ1) is 7.97. The van der Waals surface area contributed by atoms with Crippen LogP contribution in [0.3, 0.4) is 0 Å². The SMILES string of the molecule is Nc1[nH]nc2nc(C3CC3)cc(C(F)(F)F)c12. The number of halogens is 3. The van der Waals surface area contributed by atoms with Gasteiger partial charge in [0, 0.05) is 11.6 Å². The first-order valence-corrected chi connectivity index (χ1v) is 5.18. The molecule has 1 saturated carbocycles. The van der Waals surface area contributed by atoms with E-state index in [9.17, 15) is 13.2 Å². The van der Waals surface area contributed by atoms with Gasteiger partial charge in [-0.05, 0) is 18.9 Å². The number of nitrogen functional groups attached to an aromatic ring is 1. The number of nitrogens with zero attached hydrogens (tertiary/aromatic N) is 2. The number of pyridine rings is 1. The van der Waals surface area contributed by atoms with Crippen LogP contribution in [0.25, 0.3) is 11.0 Å². The van der Waals surface area contributed by atoms with Crippen LogP contribution in [0.15, 0.2) is 6.07 Å². The summed E-state index contributed by atoms with van der Waals surface area (Å²) in [5.74, 6) is 0.0422. The van der Waals surface area contributed by atoms with Crippen LogP contribution in [0.2, 0.25) is 0 Å². The molecule has 1 fully saturated rings. The number of anilines is 1. The molecule has 7 heteroatoms. The zero-order chi connectivity index (χ0) is 12.2. The fourth-order valence-electron chi connectivity index (χ4n) is 1.88. The van der Waals surface area contributed by atoms with E-state index in [4.69, 9.17) is 5.73 Å². The van der Waals surface area contributed by atoms with E-state index in [-0.39, 0.29) is 22.8 Å². The third-order valence-corrected chi connectivity index (χ3v) is 2.87. The molecule has 2 aromatic rings. The van der Waals surface area contributed by atoms with Gasteiger partial charge < -0.3 is 5.73 Å². The molecule has 0 aliphatic heterocycles. The van der Waals surface area contributed by atoms with Crippen molar-refractivity contribution in [1.29, 1.82) is 0 Å². The molecule has 0 bridgehead atoms. The van der Waals surface area contributed by atoms with Crippen LogP contribution >= 0.6 is 0 Å². The molecule has 0 saturated heterocycles. The van der Waals surface area contributed by atoms with Gasteiger partial charge >= 0.3 is 6.18 Å². The molecule has 2 aromatic heterocycles. The van der Waals surface area contributed by atoms with Crippen molar-refractivity contribution in [1.82, 2.24) is 15.2 Å². The highest BCUT2D eigenvalue weighted by molar-refractivity contribution is 5.89. The lowest BCUT2D eigenvalue weighted by molar-refractivity contribution is -0.136. The number of aromatic nitrogens is 3. The third kappa shape index (κ3) is 1.62. The van der Waals surface area contributed by atoms with Gasteiger partial charge in [0.1, 0.15) is 5.82 Å². The highest BCUT2D eigenvalue weighted by Crippen LogP contribution is 2.43. The van der Waals surface area contributed by atoms with Crippen molar-refractivity contribution < 1.29 is 13.2 Å². The van der Waals surface area contributed by atoms with Crippen LogP contribution < -0.4 is 5.73 Å². The minimum absolute atomic E-state index is 0.0409. The zero-order valence-electron chi connectivity index (χ0n) is 8.67. The fourth-order valence-corrected chi connectivity index (χ4v) is 1.88. The van der Waals surface area contributed by atoms with E-state index in [1.165, 1.54) is 0 Å². The summed E-state index contributed by atoms with van der Waals surface area (Å²) in [6, 6.07) is 1.09. The summed E-state index contributed by atoms with van der Waals surface area (Å²) >= 11 is 0. The summed E-state index contributed by atoms with van der Waals surface area (Å²) in [6.07, 6.45) is -2.67. The van der Waals surface area contributed by atoms with Gasteiger partial charge in [-0.25, -0.2) is 4.98 Å². The van der Waals surface area contributed by atoms with Crippen LogP contribution in [0.5, 0.6) is 0 Å². The number of H-pyrrole nitrogens is 1. The molecule has 0 radical (unpaired) electrons. The standard InChI is InChI=1S/C10H9F3N4/c11-10(12,13)5-3-6(4-1-2-4)15-9-7(5)8(14)16-17-9/h3-4H,1-2H2,(H3,14,15,16,17). The lowest BCUT2D eigenvalue weighted by Gasteiger charge is -2.09. The maximum atomic E-state index is 12.9. The number of hydrogen-bond acceptors (Lipinski definition) is 3. The Labute approximate surface area is 94.0 Å². The number of alkyl halides is 3. The highest BCUT2D eigenvalue weighted by atomic mass is 19.4. The zero-order valence-corrected chi connectivity index (χ0v) is 8.67. The van der Waals surface area contributed by atoms with E-state index < -0.39 is 11.7 Å². The first-order valence-electron chi connectivity index (χ1n) is 5.18. The average molecular weight is 242 g/mol. The molecule has 3 N–H and O–H groups in total. The Morgan fingerprint density at radius 1 is 1.35 bits per heavy atom. The number of fused-ring (bicyclic) bond motifs is 1. The van der Waals surface area contributed by atoms with Crippen molar-refractivity contribution in [2.24, 2.45) is 0 Å². The Hall–Kier alpha value is -1.79. The molecule has 0 aromatic carbocycles. The van der Waals surface area contributed by atoms with Gasteiger partial charge in [-0.3, -0.25) is 5.10 Å². The van der Waals surface area contributed by atoms with Gasteiger partial charge in [0.2, 0.25) is 0 Å². The smallest absolute Gasteiger partial charge is 0.383 e. The Bertz CT molecular complexity index is 583. The normalized spacial score (nSPS) is 16.6. The molecule has 90 valence electrons. The number of nitrogens with two attached hydrogens (primary N) is 1. The van der Waals surface area contributed by atoms with Crippen molar-refractivity contribution in [3.63, 3.8) is 0 Å². The van der Waals surface area contributed by atoms with E-state index >= 15 is 0 Å². The average Bonchev–Trinajstić information content (AvgIpc) is 3.02. The molecule has 4 nitrogen and oxygen atoms in total. The molecule has 2 heterocycles. The first kappa shape index (κ1) is 10.4. The Morgan fingerprint density at radius 3 is 2.65 bits per heavy atom. The molecule has 0 amide bonds. The van der Waals surface area contributed by atoms with E-state index in [0.717, 1.165) is 18.9 Å². The van der Waals surface area contributed by atoms with Crippen LogP contribution in [-0.4, -0.2) is 15.2 Å². The van der Waals surface area contributed by atoms with Crippen molar-refractivity contribution >= 4 is 16.9 Å². The van der Waals surface area contributed by atoms with E-state index in [2.05, 4.69) is 15.2 Å². The van der Waals surface area contributed by atoms with E-state index in [1.807, 2.05) is 0 Å². The summed E-state index contributed by atoms with van der Waals surface area (Å²) in [4.78, 5) is 4.11. The van der Waals surface area contributed by atoms with Crippen LogP contribution in [0.1, 0.15) is 30.0 Å². The topological polar surface area (TPSA) is 67.6 Å². The number of aromatic amines is 1. The van der Waals surface area contributed by atoms with Gasteiger partial charge in [-0.2, -0.15) is 18.3 Å². The monoisotopic (exact) mass is 242 g/mol. The summed E-state index contributed by atoms with van der Waals surface area (Å²) < 4.78 is 38.7. The summed E-state index contributed by atoms with van der Waals surface area (Å²) in [7, 11) is 0. The lowest BCUT2D eigenvalue weighted by atomic mass is 10.1. The summed E-state index contributed by atoms with van der Waals surface area (Å²) in [6.45, 7) is 0.